The van der Waals surface area contributed by atoms with Crippen LogP contribution in [0.2, 0.25) is 0 Å². The number of carbonyl (C=O) groups excluding carboxylic acids is 2. The molecular weight excluding hydrogens is 424 g/mol. The second-order valence-electron chi connectivity index (χ2n) is 9.96. The Hall–Kier alpha value is -2.73. The molecule has 182 valence electrons. The third-order valence-electron chi connectivity index (χ3n) is 7.54. The number of aryl methyl sites for hydroxylation is 1. The predicted molar refractivity (Wildman–Crippen MR) is 135 cm³/mol. The first-order valence-corrected chi connectivity index (χ1v) is 12.8. The number of rotatable bonds is 7. The first-order chi connectivity index (χ1) is 16.5. The molecule has 1 saturated heterocycles. The van der Waals surface area contributed by atoms with Crippen LogP contribution < -0.4 is 10.6 Å². The van der Waals surface area contributed by atoms with Gasteiger partial charge in [-0.15, -0.1) is 0 Å². The van der Waals surface area contributed by atoms with Gasteiger partial charge < -0.3 is 15.5 Å². The van der Waals surface area contributed by atoms with Gasteiger partial charge in [-0.1, -0.05) is 49.1 Å². The molecule has 3 atom stereocenters. The summed E-state index contributed by atoms with van der Waals surface area (Å²) >= 11 is 0. The number of likely N-dealkylation sites (tertiary alicyclic amines) is 1. The largest absolute Gasteiger partial charge is 0.343 e. The van der Waals surface area contributed by atoms with Gasteiger partial charge in [0, 0.05) is 24.5 Å². The molecule has 1 aromatic heterocycles. The summed E-state index contributed by atoms with van der Waals surface area (Å²) in [5, 5.41) is 6.12. The van der Waals surface area contributed by atoms with Crippen LogP contribution in [0.15, 0.2) is 42.7 Å². The number of carbonyl (C=O) groups is 2. The van der Waals surface area contributed by atoms with E-state index in [4.69, 9.17) is 0 Å². The number of aromatic nitrogens is 1. The van der Waals surface area contributed by atoms with Crippen LogP contribution in [0.4, 0.5) is 0 Å². The van der Waals surface area contributed by atoms with Gasteiger partial charge in [-0.3, -0.25) is 14.6 Å². The van der Waals surface area contributed by atoms with E-state index in [0.29, 0.717) is 0 Å². The Labute approximate surface area is 203 Å². The summed E-state index contributed by atoms with van der Waals surface area (Å²) < 4.78 is 0. The Morgan fingerprint density at radius 3 is 2.56 bits per heavy atom. The standard InChI is InChI=1S/C28H38N4O2/c1-19-9-7-12-22(15-19)23-16-24(18-30-17-23)25-13-8-14-32(25)28(34)26(21-10-5-4-6-11-21)31-27(33)20(2)29-3/h7,9,12,15-18,20-21,25-26,29H,4-6,8,10-11,13-14H2,1-3H3,(H,31,33). The number of nitrogens with one attached hydrogen (secondary N) is 2. The highest BCUT2D eigenvalue weighted by molar-refractivity contribution is 5.90. The monoisotopic (exact) mass is 462 g/mol. The quantitative estimate of drug-likeness (QED) is 0.640. The molecule has 3 unspecified atom stereocenters. The number of likely N-dealkylation sites (N-methyl/N-ethyl adjacent to an activating group) is 1. The zero-order valence-electron chi connectivity index (χ0n) is 20.7. The summed E-state index contributed by atoms with van der Waals surface area (Å²) in [5.41, 5.74) is 4.49. The van der Waals surface area contributed by atoms with Crippen molar-refractivity contribution in [3.05, 3.63) is 53.9 Å². The topological polar surface area (TPSA) is 74.3 Å². The van der Waals surface area contributed by atoms with Gasteiger partial charge in [0.2, 0.25) is 11.8 Å². The van der Waals surface area contributed by atoms with Crippen LogP contribution in [-0.2, 0) is 9.59 Å². The van der Waals surface area contributed by atoms with Crippen molar-refractivity contribution < 1.29 is 9.59 Å². The Balaban J connectivity index is 1.58. The first kappa shape index (κ1) is 24.4. The molecule has 0 bridgehead atoms. The smallest absolute Gasteiger partial charge is 0.245 e. The Bertz CT molecular complexity index is 1000. The molecule has 34 heavy (non-hydrogen) atoms. The van der Waals surface area contributed by atoms with Crippen molar-refractivity contribution in [2.24, 2.45) is 5.92 Å². The molecule has 2 aromatic rings. The zero-order valence-corrected chi connectivity index (χ0v) is 20.7. The lowest BCUT2D eigenvalue weighted by Gasteiger charge is -2.35. The summed E-state index contributed by atoms with van der Waals surface area (Å²) in [6.07, 6.45) is 11.1. The van der Waals surface area contributed by atoms with Gasteiger partial charge in [0.25, 0.3) is 0 Å². The SMILES string of the molecule is CNC(C)C(=O)NC(C(=O)N1CCCC1c1cncc(-c2cccc(C)c2)c1)C1CCCCC1. The molecule has 0 radical (unpaired) electrons. The van der Waals surface area contributed by atoms with E-state index in [2.05, 4.69) is 52.9 Å². The molecule has 1 aliphatic carbocycles. The van der Waals surface area contributed by atoms with Gasteiger partial charge in [-0.05, 0) is 69.7 Å². The second kappa shape index (κ2) is 11.1. The van der Waals surface area contributed by atoms with Gasteiger partial charge in [0.05, 0.1) is 12.1 Å². The molecule has 2 heterocycles. The number of benzene rings is 1. The highest BCUT2D eigenvalue weighted by atomic mass is 16.2. The maximum Gasteiger partial charge on any atom is 0.245 e. The van der Waals surface area contributed by atoms with Crippen molar-refractivity contribution in [2.45, 2.75) is 76.9 Å². The lowest BCUT2D eigenvalue weighted by molar-refractivity contribution is -0.139. The second-order valence-corrected chi connectivity index (χ2v) is 9.96. The fourth-order valence-corrected chi connectivity index (χ4v) is 5.44. The van der Waals surface area contributed by atoms with Crippen molar-refractivity contribution in [1.29, 1.82) is 0 Å². The summed E-state index contributed by atoms with van der Waals surface area (Å²) in [6, 6.07) is 9.79. The molecule has 0 spiro atoms. The third kappa shape index (κ3) is 5.49. The van der Waals surface area contributed by atoms with E-state index in [9.17, 15) is 9.59 Å². The van der Waals surface area contributed by atoms with E-state index < -0.39 is 6.04 Å². The van der Waals surface area contributed by atoms with Gasteiger partial charge in [-0.2, -0.15) is 0 Å². The molecule has 4 rings (SSSR count). The fourth-order valence-electron chi connectivity index (χ4n) is 5.44. The number of nitrogens with zero attached hydrogens (tertiary/aromatic N) is 2. The lowest BCUT2D eigenvalue weighted by atomic mass is 9.83. The molecule has 1 aliphatic heterocycles. The maximum atomic E-state index is 13.9. The fraction of sp³-hybridized carbons (Fsp3) is 0.536. The minimum Gasteiger partial charge on any atom is -0.343 e. The summed E-state index contributed by atoms with van der Waals surface area (Å²) in [6.45, 7) is 4.64. The van der Waals surface area contributed by atoms with E-state index in [1.54, 1.807) is 7.05 Å². The Morgan fingerprint density at radius 1 is 1.03 bits per heavy atom. The average Bonchev–Trinajstić information content (AvgIpc) is 3.37. The molecular formula is C28H38N4O2. The Kier molecular flexibility index (Phi) is 7.99. The van der Waals surface area contributed by atoms with Gasteiger partial charge in [0.1, 0.15) is 6.04 Å². The van der Waals surface area contributed by atoms with Crippen molar-refractivity contribution in [3.63, 3.8) is 0 Å². The first-order valence-electron chi connectivity index (χ1n) is 12.8. The van der Waals surface area contributed by atoms with E-state index in [-0.39, 0.29) is 29.8 Å². The van der Waals surface area contributed by atoms with E-state index in [1.165, 1.54) is 12.0 Å². The van der Waals surface area contributed by atoms with Crippen LogP contribution in [0.3, 0.4) is 0 Å². The summed E-state index contributed by atoms with van der Waals surface area (Å²) in [4.78, 5) is 33.2. The molecule has 2 N–H and O–H groups in total. The van der Waals surface area contributed by atoms with E-state index >= 15 is 0 Å². The summed E-state index contributed by atoms with van der Waals surface area (Å²) in [7, 11) is 1.77. The van der Waals surface area contributed by atoms with Crippen molar-refractivity contribution in [1.82, 2.24) is 20.5 Å². The van der Waals surface area contributed by atoms with Crippen LogP contribution in [-0.4, -0.2) is 47.4 Å². The minimum atomic E-state index is -0.461. The van der Waals surface area contributed by atoms with Crippen LogP contribution >= 0.6 is 0 Å². The van der Waals surface area contributed by atoms with Crippen molar-refractivity contribution >= 4 is 11.8 Å². The van der Waals surface area contributed by atoms with E-state index in [1.807, 2.05) is 24.2 Å². The molecule has 2 aliphatic rings. The van der Waals surface area contributed by atoms with Crippen molar-refractivity contribution in [2.75, 3.05) is 13.6 Å². The molecule has 6 heteroatoms. The number of amides is 2. The van der Waals surface area contributed by atoms with Crippen molar-refractivity contribution in [3.8, 4) is 11.1 Å². The molecule has 2 fully saturated rings. The summed E-state index contributed by atoms with van der Waals surface area (Å²) in [5.74, 6) is 0.157. The van der Waals surface area contributed by atoms with Gasteiger partial charge in [-0.25, -0.2) is 0 Å². The lowest BCUT2D eigenvalue weighted by Crippen LogP contribution is -2.55. The highest BCUT2D eigenvalue weighted by Gasteiger charge is 2.39. The predicted octanol–water partition coefficient (Wildman–Crippen LogP) is 4.39. The molecule has 1 saturated carbocycles. The zero-order chi connectivity index (χ0) is 24.1. The van der Waals surface area contributed by atoms with Crippen LogP contribution in [0.25, 0.3) is 11.1 Å². The van der Waals surface area contributed by atoms with Crippen LogP contribution in [0.1, 0.15) is 69.0 Å². The number of hydrogen-bond acceptors (Lipinski definition) is 4. The molecule has 6 nitrogen and oxygen atoms in total. The maximum absolute atomic E-state index is 13.9. The average molecular weight is 463 g/mol. The van der Waals surface area contributed by atoms with Crippen LogP contribution in [0, 0.1) is 12.8 Å². The third-order valence-corrected chi connectivity index (χ3v) is 7.54. The number of pyridine rings is 1. The molecule has 2 amide bonds. The Morgan fingerprint density at radius 2 is 1.82 bits per heavy atom. The number of hydrogen-bond donors (Lipinski definition) is 2. The normalized spacial score (nSPS) is 20.7. The van der Waals surface area contributed by atoms with Crippen LogP contribution in [0.5, 0.6) is 0 Å². The van der Waals surface area contributed by atoms with E-state index in [0.717, 1.165) is 61.8 Å². The van der Waals surface area contributed by atoms with Gasteiger partial charge >= 0.3 is 0 Å². The highest BCUT2D eigenvalue weighted by Crippen LogP contribution is 2.36. The van der Waals surface area contributed by atoms with Gasteiger partial charge in [0.15, 0.2) is 0 Å². The molecule has 1 aromatic carbocycles. The minimum absolute atomic E-state index is 0.00512.